The highest BCUT2D eigenvalue weighted by Crippen LogP contribution is 2.35. The van der Waals surface area contributed by atoms with E-state index in [1.165, 1.54) is 6.92 Å². The zero-order valence-corrected chi connectivity index (χ0v) is 13.9. The van der Waals surface area contributed by atoms with Gasteiger partial charge in [0, 0.05) is 10.5 Å². The predicted octanol–water partition coefficient (Wildman–Crippen LogP) is 2.31. The van der Waals surface area contributed by atoms with Crippen molar-refractivity contribution in [2.24, 2.45) is 0 Å². The molecule has 24 heavy (non-hydrogen) atoms. The summed E-state index contributed by atoms with van der Waals surface area (Å²) in [6.07, 6.45) is -3.76. The summed E-state index contributed by atoms with van der Waals surface area (Å²) in [7, 11) is 0. The van der Waals surface area contributed by atoms with Crippen LogP contribution in [0, 0.1) is 6.92 Å². The van der Waals surface area contributed by atoms with E-state index >= 15 is 0 Å². The van der Waals surface area contributed by atoms with Crippen LogP contribution in [0.4, 0.5) is 18.9 Å². The average Bonchev–Trinajstić information content (AvgIpc) is 2.69. The summed E-state index contributed by atoms with van der Waals surface area (Å²) in [5.74, 6) is -1.62. The third-order valence-corrected chi connectivity index (χ3v) is 3.71. The van der Waals surface area contributed by atoms with E-state index in [-0.39, 0.29) is 23.3 Å². The Kier molecular flexibility index (Phi) is 5.19. The maximum Gasteiger partial charge on any atom is 0.573 e. The van der Waals surface area contributed by atoms with Gasteiger partial charge >= 0.3 is 6.36 Å². The van der Waals surface area contributed by atoms with E-state index in [0.717, 1.165) is 23.1 Å². The molecule has 0 unspecified atom stereocenters. The van der Waals surface area contributed by atoms with E-state index < -0.39 is 23.9 Å². The molecule has 1 aliphatic rings. The summed E-state index contributed by atoms with van der Waals surface area (Å²) in [5, 5.41) is 11.6. The van der Waals surface area contributed by atoms with E-state index in [1.54, 1.807) is 0 Å². The van der Waals surface area contributed by atoms with Crippen molar-refractivity contribution in [2.75, 3.05) is 18.5 Å². The molecule has 0 spiro atoms. The van der Waals surface area contributed by atoms with Gasteiger partial charge in [0.1, 0.15) is 11.4 Å². The van der Waals surface area contributed by atoms with Crippen molar-refractivity contribution in [1.82, 2.24) is 4.90 Å². The molecule has 0 saturated carbocycles. The third kappa shape index (κ3) is 4.06. The van der Waals surface area contributed by atoms with E-state index in [4.69, 9.17) is 5.11 Å². The fraction of sp³-hybridized carbons (Fsp3) is 0.286. The van der Waals surface area contributed by atoms with Gasteiger partial charge < -0.3 is 15.2 Å². The second kappa shape index (κ2) is 6.81. The number of halogens is 4. The van der Waals surface area contributed by atoms with E-state index in [9.17, 15) is 22.8 Å². The standard InChI is InChI=1S/C14H12BrF3N2O4/c1-7-4-8(24-14(16,17)18)5-9(15)12(7)19-10-6-11(22)20(2-3-21)13(10)23/h4-6,19,21H,2-3H2,1H3. The minimum atomic E-state index is -4.82. The van der Waals surface area contributed by atoms with Crippen molar-refractivity contribution < 1.29 is 32.6 Å². The SMILES string of the molecule is Cc1cc(OC(F)(F)F)cc(Br)c1NC1=CC(=O)N(CCO)C1=O. The molecule has 0 atom stereocenters. The Hall–Kier alpha value is -2.07. The zero-order chi connectivity index (χ0) is 18.1. The number of nitrogens with one attached hydrogen (secondary N) is 1. The van der Waals surface area contributed by atoms with E-state index in [2.05, 4.69) is 26.0 Å². The van der Waals surface area contributed by atoms with E-state index in [0.29, 0.717) is 11.3 Å². The minimum absolute atomic E-state index is 0.0401. The largest absolute Gasteiger partial charge is 0.573 e. The number of anilines is 1. The van der Waals surface area contributed by atoms with Crippen LogP contribution in [0.2, 0.25) is 0 Å². The highest BCUT2D eigenvalue weighted by atomic mass is 79.9. The molecule has 2 rings (SSSR count). The first-order valence-corrected chi connectivity index (χ1v) is 7.43. The molecular formula is C14H12BrF3N2O4. The lowest BCUT2D eigenvalue weighted by molar-refractivity contribution is -0.274. The monoisotopic (exact) mass is 408 g/mol. The number of carbonyl (C=O) groups is 2. The quantitative estimate of drug-likeness (QED) is 0.730. The Morgan fingerprint density at radius 1 is 1.33 bits per heavy atom. The number of amides is 2. The van der Waals surface area contributed by atoms with Gasteiger partial charge in [-0.15, -0.1) is 13.2 Å². The molecular weight excluding hydrogens is 397 g/mol. The molecule has 0 radical (unpaired) electrons. The van der Waals surface area contributed by atoms with Crippen LogP contribution in [-0.2, 0) is 9.59 Å². The zero-order valence-electron chi connectivity index (χ0n) is 12.3. The van der Waals surface area contributed by atoms with Gasteiger partial charge in [-0.05, 0) is 40.5 Å². The summed E-state index contributed by atoms with van der Waals surface area (Å²) >= 11 is 3.11. The molecule has 0 bridgehead atoms. The maximum absolute atomic E-state index is 12.3. The molecule has 1 aromatic carbocycles. The number of aryl methyl sites for hydroxylation is 1. The van der Waals surface area contributed by atoms with Gasteiger partial charge in [0.2, 0.25) is 0 Å². The second-order valence-electron chi connectivity index (χ2n) is 4.85. The molecule has 2 amide bonds. The molecule has 2 N–H and O–H groups in total. The molecule has 0 aromatic heterocycles. The van der Waals surface area contributed by atoms with Crippen LogP contribution in [0.1, 0.15) is 5.56 Å². The Morgan fingerprint density at radius 3 is 2.54 bits per heavy atom. The first-order chi connectivity index (χ1) is 11.1. The van der Waals surface area contributed by atoms with Crippen LogP contribution in [0.25, 0.3) is 0 Å². The predicted molar refractivity (Wildman–Crippen MR) is 81.1 cm³/mol. The number of β-amino-alcohol motifs (C(OH)–C–C–N with tert-alkyl or cyclic N) is 1. The molecule has 0 saturated heterocycles. The maximum atomic E-state index is 12.3. The molecule has 1 heterocycles. The lowest BCUT2D eigenvalue weighted by atomic mass is 10.2. The van der Waals surface area contributed by atoms with Crippen LogP contribution in [-0.4, -0.2) is 41.3 Å². The van der Waals surface area contributed by atoms with Gasteiger partial charge in [0.05, 0.1) is 18.8 Å². The molecule has 130 valence electrons. The molecule has 10 heteroatoms. The van der Waals surface area contributed by atoms with E-state index in [1.807, 2.05) is 0 Å². The number of nitrogens with zero attached hydrogens (tertiary/aromatic N) is 1. The summed E-state index contributed by atoms with van der Waals surface area (Å²) in [5.41, 5.74) is 0.648. The van der Waals surface area contributed by atoms with Crippen molar-refractivity contribution in [3.63, 3.8) is 0 Å². The summed E-state index contributed by atoms with van der Waals surface area (Å²) in [4.78, 5) is 24.6. The number of ether oxygens (including phenoxy) is 1. The fourth-order valence-corrected chi connectivity index (χ4v) is 2.75. The van der Waals surface area contributed by atoms with Gasteiger partial charge in [-0.3, -0.25) is 14.5 Å². The molecule has 0 aliphatic carbocycles. The number of benzene rings is 1. The van der Waals surface area contributed by atoms with Crippen LogP contribution in [0.3, 0.4) is 0 Å². The first kappa shape index (κ1) is 18.3. The van der Waals surface area contributed by atoms with Gasteiger partial charge in [-0.25, -0.2) is 0 Å². The normalized spacial score (nSPS) is 14.9. The fourth-order valence-electron chi connectivity index (χ4n) is 2.11. The number of alkyl halides is 3. The number of hydrogen-bond donors (Lipinski definition) is 2. The van der Waals surface area contributed by atoms with Crippen LogP contribution in [0.5, 0.6) is 5.75 Å². The number of imide groups is 1. The number of carbonyl (C=O) groups excluding carboxylic acids is 2. The Balaban J connectivity index is 2.24. The Morgan fingerprint density at radius 2 is 2.00 bits per heavy atom. The van der Waals surface area contributed by atoms with Crippen molar-refractivity contribution in [2.45, 2.75) is 13.3 Å². The highest BCUT2D eigenvalue weighted by Gasteiger charge is 2.33. The number of aliphatic hydroxyl groups excluding tert-OH is 1. The smallest absolute Gasteiger partial charge is 0.406 e. The lowest BCUT2D eigenvalue weighted by Gasteiger charge is -2.16. The number of aliphatic hydroxyl groups is 1. The van der Waals surface area contributed by atoms with Crippen molar-refractivity contribution in [1.29, 1.82) is 0 Å². The highest BCUT2D eigenvalue weighted by molar-refractivity contribution is 9.10. The Bertz CT molecular complexity index is 695. The summed E-state index contributed by atoms with van der Waals surface area (Å²) in [6, 6.07) is 2.24. The summed E-state index contributed by atoms with van der Waals surface area (Å²) < 4.78 is 40.9. The molecule has 1 aromatic rings. The third-order valence-electron chi connectivity index (χ3n) is 3.09. The van der Waals surface area contributed by atoms with Gasteiger partial charge in [0.15, 0.2) is 0 Å². The molecule has 6 nitrogen and oxygen atoms in total. The van der Waals surface area contributed by atoms with Crippen LogP contribution in [0.15, 0.2) is 28.4 Å². The number of hydrogen-bond acceptors (Lipinski definition) is 5. The Labute approximate surface area is 143 Å². The van der Waals surface area contributed by atoms with Crippen molar-refractivity contribution in [3.8, 4) is 5.75 Å². The van der Waals surface area contributed by atoms with Gasteiger partial charge in [-0.1, -0.05) is 0 Å². The average molecular weight is 409 g/mol. The molecule has 1 aliphatic heterocycles. The van der Waals surface area contributed by atoms with Gasteiger partial charge in [-0.2, -0.15) is 0 Å². The topological polar surface area (TPSA) is 78.9 Å². The van der Waals surface area contributed by atoms with Crippen LogP contribution >= 0.6 is 15.9 Å². The van der Waals surface area contributed by atoms with Gasteiger partial charge in [0.25, 0.3) is 11.8 Å². The summed E-state index contributed by atoms with van der Waals surface area (Å²) in [6.45, 7) is 1.01. The number of rotatable bonds is 5. The van der Waals surface area contributed by atoms with Crippen LogP contribution < -0.4 is 10.1 Å². The second-order valence-corrected chi connectivity index (χ2v) is 5.70. The molecule has 0 fully saturated rings. The van der Waals surface area contributed by atoms with Crippen molar-refractivity contribution >= 4 is 33.4 Å². The first-order valence-electron chi connectivity index (χ1n) is 6.63. The van der Waals surface area contributed by atoms with Crippen molar-refractivity contribution in [3.05, 3.63) is 33.9 Å². The lowest BCUT2D eigenvalue weighted by Crippen LogP contribution is -2.34. The minimum Gasteiger partial charge on any atom is -0.406 e.